The van der Waals surface area contributed by atoms with Gasteiger partial charge in [0.2, 0.25) is 0 Å². The van der Waals surface area contributed by atoms with Crippen LogP contribution in [0, 0.1) is 0 Å². The first-order chi connectivity index (χ1) is 8.89. The average molecular weight is 288 g/mol. The minimum atomic E-state index is -3.04. The SMILES string of the molecule is CCS(=O)(=O)CCOc1ccc(C(C)O)cc1OC. The normalized spacial score (nSPS) is 13.1. The smallest absolute Gasteiger partial charge is 0.161 e. The summed E-state index contributed by atoms with van der Waals surface area (Å²) in [7, 11) is -1.54. The summed E-state index contributed by atoms with van der Waals surface area (Å²) in [6.07, 6.45) is -0.594. The molecule has 5 nitrogen and oxygen atoms in total. The average Bonchev–Trinajstić information content (AvgIpc) is 2.38. The molecule has 0 aromatic heterocycles. The highest BCUT2D eigenvalue weighted by Crippen LogP contribution is 2.30. The summed E-state index contributed by atoms with van der Waals surface area (Å²) in [5, 5.41) is 9.47. The van der Waals surface area contributed by atoms with E-state index in [9.17, 15) is 13.5 Å². The van der Waals surface area contributed by atoms with Gasteiger partial charge >= 0.3 is 0 Å². The molecule has 108 valence electrons. The van der Waals surface area contributed by atoms with Crippen molar-refractivity contribution in [3.63, 3.8) is 0 Å². The fourth-order valence-corrected chi connectivity index (χ4v) is 2.11. The van der Waals surface area contributed by atoms with Crippen LogP contribution < -0.4 is 9.47 Å². The fraction of sp³-hybridized carbons (Fsp3) is 0.538. The molecule has 1 unspecified atom stereocenters. The second-order valence-electron chi connectivity index (χ2n) is 4.17. The summed E-state index contributed by atoms with van der Waals surface area (Å²) in [5.74, 6) is 1.03. The van der Waals surface area contributed by atoms with Gasteiger partial charge in [0.1, 0.15) is 6.61 Å². The maximum Gasteiger partial charge on any atom is 0.161 e. The highest BCUT2D eigenvalue weighted by atomic mass is 32.2. The van der Waals surface area contributed by atoms with Gasteiger partial charge in [0.25, 0.3) is 0 Å². The molecule has 0 radical (unpaired) electrons. The van der Waals surface area contributed by atoms with Crippen LogP contribution in [0.2, 0.25) is 0 Å². The first-order valence-corrected chi connectivity index (χ1v) is 7.91. The Kier molecular flexibility index (Phi) is 5.62. The number of ether oxygens (including phenoxy) is 2. The number of methoxy groups -OCH3 is 1. The minimum Gasteiger partial charge on any atom is -0.493 e. The Bertz CT molecular complexity index is 508. The number of hydrogen-bond donors (Lipinski definition) is 1. The largest absolute Gasteiger partial charge is 0.493 e. The minimum absolute atomic E-state index is 0.0230. The number of rotatable bonds is 7. The third-order valence-electron chi connectivity index (χ3n) is 2.76. The zero-order valence-electron chi connectivity index (χ0n) is 11.4. The van der Waals surface area contributed by atoms with Crippen LogP contribution in [0.3, 0.4) is 0 Å². The molecule has 0 spiro atoms. The Morgan fingerprint density at radius 1 is 1.32 bits per heavy atom. The van der Waals surface area contributed by atoms with Crippen LogP contribution in [0.25, 0.3) is 0 Å². The molecule has 0 saturated carbocycles. The molecule has 0 aliphatic carbocycles. The zero-order chi connectivity index (χ0) is 14.5. The van der Waals surface area contributed by atoms with Gasteiger partial charge in [-0.2, -0.15) is 0 Å². The van der Waals surface area contributed by atoms with Gasteiger partial charge in [-0.3, -0.25) is 0 Å². The zero-order valence-corrected chi connectivity index (χ0v) is 12.2. The molecule has 0 saturated heterocycles. The van der Waals surface area contributed by atoms with E-state index in [4.69, 9.17) is 9.47 Å². The van der Waals surface area contributed by atoms with Gasteiger partial charge in [-0.05, 0) is 24.6 Å². The molecule has 0 aliphatic heterocycles. The van der Waals surface area contributed by atoms with E-state index < -0.39 is 15.9 Å². The number of aliphatic hydroxyl groups is 1. The predicted octanol–water partition coefficient (Wildman–Crippen LogP) is 1.56. The van der Waals surface area contributed by atoms with E-state index in [0.29, 0.717) is 17.1 Å². The lowest BCUT2D eigenvalue weighted by atomic mass is 10.1. The van der Waals surface area contributed by atoms with Gasteiger partial charge in [0.05, 0.1) is 19.0 Å². The summed E-state index contributed by atoms with van der Waals surface area (Å²) in [6, 6.07) is 5.06. The molecule has 1 N–H and O–H groups in total. The molecule has 1 aromatic rings. The molecular formula is C13H20O5S. The molecule has 0 bridgehead atoms. The standard InChI is InChI=1S/C13H20O5S/c1-4-19(15,16)8-7-18-12-6-5-11(10(2)14)9-13(12)17-3/h5-6,9-10,14H,4,7-8H2,1-3H3. The Morgan fingerprint density at radius 3 is 2.53 bits per heavy atom. The summed E-state index contributed by atoms with van der Waals surface area (Å²) in [5.41, 5.74) is 0.713. The van der Waals surface area contributed by atoms with E-state index >= 15 is 0 Å². The van der Waals surface area contributed by atoms with Crippen LogP contribution in [0.1, 0.15) is 25.5 Å². The van der Waals surface area contributed by atoms with Gasteiger partial charge in [-0.1, -0.05) is 13.0 Å². The molecule has 0 heterocycles. The summed E-state index contributed by atoms with van der Waals surface area (Å²) >= 11 is 0. The van der Waals surface area contributed by atoms with E-state index in [1.165, 1.54) is 7.11 Å². The lowest BCUT2D eigenvalue weighted by molar-refractivity contribution is 0.198. The number of sulfone groups is 1. The highest BCUT2D eigenvalue weighted by molar-refractivity contribution is 7.91. The highest BCUT2D eigenvalue weighted by Gasteiger charge is 2.11. The third-order valence-corrected chi connectivity index (χ3v) is 4.43. The van der Waals surface area contributed by atoms with E-state index in [2.05, 4.69) is 0 Å². The lowest BCUT2D eigenvalue weighted by Gasteiger charge is -2.13. The molecule has 1 aromatic carbocycles. The Balaban J connectivity index is 2.73. The molecule has 0 aliphatic rings. The van der Waals surface area contributed by atoms with E-state index in [1.54, 1.807) is 32.0 Å². The van der Waals surface area contributed by atoms with Crippen LogP contribution >= 0.6 is 0 Å². The predicted molar refractivity (Wildman–Crippen MR) is 73.5 cm³/mol. The van der Waals surface area contributed by atoms with Crippen LogP contribution in [0.5, 0.6) is 11.5 Å². The van der Waals surface area contributed by atoms with Gasteiger partial charge in [0, 0.05) is 5.75 Å². The molecule has 1 atom stereocenters. The van der Waals surface area contributed by atoms with Crippen molar-refractivity contribution in [1.82, 2.24) is 0 Å². The summed E-state index contributed by atoms with van der Waals surface area (Å²) in [4.78, 5) is 0. The Morgan fingerprint density at radius 2 is 2.00 bits per heavy atom. The molecule has 6 heteroatoms. The first kappa shape index (κ1) is 15.8. The van der Waals surface area contributed by atoms with Crippen molar-refractivity contribution in [3.8, 4) is 11.5 Å². The maximum absolute atomic E-state index is 11.3. The fourth-order valence-electron chi connectivity index (χ4n) is 1.49. The topological polar surface area (TPSA) is 72.8 Å². The van der Waals surface area contributed by atoms with Crippen molar-refractivity contribution in [2.45, 2.75) is 20.0 Å². The van der Waals surface area contributed by atoms with Crippen molar-refractivity contribution < 1.29 is 23.0 Å². The van der Waals surface area contributed by atoms with Gasteiger partial charge in [-0.15, -0.1) is 0 Å². The van der Waals surface area contributed by atoms with Crippen LogP contribution in [0.15, 0.2) is 18.2 Å². The van der Waals surface area contributed by atoms with Crippen LogP contribution in [-0.2, 0) is 9.84 Å². The molecule has 0 amide bonds. The second kappa shape index (κ2) is 6.77. The quantitative estimate of drug-likeness (QED) is 0.824. The van der Waals surface area contributed by atoms with Crippen molar-refractivity contribution in [2.75, 3.05) is 25.2 Å². The van der Waals surface area contributed by atoms with Crippen molar-refractivity contribution in [3.05, 3.63) is 23.8 Å². The van der Waals surface area contributed by atoms with Crippen molar-refractivity contribution in [1.29, 1.82) is 0 Å². The van der Waals surface area contributed by atoms with Crippen LogP contribution in [-0.4, -0.2) is 38.7 Å². The first-order valence-electron chi connectivity index (χ1n) is 6.09. The monoisotopic (exact) mass is 288 g/mol. The van der Waals surface area contributed by atoms with E-state index in [1.807, 2.05) is 0 Å². The number of hydrogen-bond acceptors (Lipinski definition) is 5. The van der Waals surface area contributed by atoms with E-state index in [0.717, 1.165) is 0 Å². The molecular weight excluding hydrogens is 268 g/mol. The number of aliphatic hydroxyl groups excluding tert-OH is 1. The van der Waals surface area contributed by atoms with Crippen molar-refractivity contribution >= 4 is 9.84 Å². The molecule has 19 heavy (non-hydrogen) atoms. The lowest BCUT2D eigenvalue weighted by Crippen LogP contribution is -2.15. The Hall–Kier alpha value is -1.27. The van der Waals surface area contributed by atoms with Crippen molar-refractivity contribution in [2.24, 2.45) is 0 Å². The third kappa shape index (κ3) is 4.72. The van der Waals surface area contributed by atoms with E-state index in [-0.39, 0.29) is 18.1 Å². The maximum atomic E-state index is 11.3. The summed E-state index contributed by atoms with van der Waals surface area (Å²) < 4.78 is 33.3. The molecule has 0 fully saturated rings. The van der Waals surface area contributed by atoms with Crippen LogP contribution in [0.4, 0.5) is 0 Å². The van der Waals surface area contributed by atoms with Gasteiger partial charge in [0.15, 0.2) is 21.3 Å². The molecule has 1 rings (SSSR count). The summed E-state index contributed by atoms with van der Waals surface area (Å²) in [6.45, 7) is 3.34. The number of benzene rings is 1. The Labute approximate surface area is 114 Å². The van der Waals surface area contributed by atoms with Gasteiger partial charge < -0.3 is 14.6 Å². The van der Waals surface area contributed by atoms with Gasteiger partial charge in [-0.25, -0.2) is 8.42 Å². The second-order valence-corrected chi connectivity index (χ2v) is 6.64.